The number of hydrogen-bond donors (Lipinski definition) is 3. The van der Waals surface area contributed by atoms with Crippen LogP contribution < -0.4 is 10.6 Å². The zero-order chi connectivity index (χ0) is 22.4. The molecule has 3 aromatic rings. The molecule has 168 valence electrons. The number of benzene rings is 2. The van der Waals surface area contributed by atoms with Gasteiger partial charge in [0.1, 0.15) is 5.82 Å². The van der Waals surface area contributed by atoms with Gasteiger partial charge in [0, 0.05) is 24.0 Å². The van der Waals surface area contributed by atoms with Gasteiger partial charge in [0.05, 0.1) is 5.60 Å². The first-order valence-corrected chi connectivity index (χ1v) is 11.7. The molecule has 1 fully saturated rings. The Kier molecular flexibility index (Phi) is 7.05. The predicted octanol–water partition coefficient (Wildman–Crippen LogP) is 6.03. The smallest absolute Gasteiger partial charge is 0.224 e. The largest absolute Gasteiger partial charge is 0.386 e. The quantitative estimate of drug-likeness (QED) is 0.407. The zero-order valence-corrected chi connectivity index (χ0v) is 19.1. The van der Waals surface area contributed by atoms with Crippen molar-refractivity contribution in [3.63, 3.8) is 0 Å². The lowest BCUT2D eigenvalue weighted by Gasteiger charge is -2.24. The molecule has 2 aromatic carbocycles. The number of nitrogens with one attached hydrogen (secondary N) is 2. The molecular weight excluding hydrogens is 396 g/mol. The number of aliphatic hydroxyl groups is 1. The summed E-state index contributed by atoms with van der Waals surface area (Å²) in [5.74, 6) is 1.93. The Bertz CT molecular complexity index is 1010. The summed E-state index contributed by atoms with van der Waals surface area (Å²) in [6, 6.07) is 18.7. The average molecular weight is 431 g/mol. The molecular formula is C27H34N4O. The molecule has 32 heavy (non-hydrogen) atoms. The third-order valence-corrected chi connectivity index (χ3v) is 6.23. The van der Waals surface area contributed by atoms with Crippen molar-refractivity contribution in [2.45, 2.75) is 58.0 Å². The fourth-order valence-corrected chi connectivity index (χ4v) is 4.38. The number of nitrogens with zero attached hydrogens (tertiary/aromatic N) is 2. The van der Waals surface area contributed by atoms with Crippen molar-refractivity contribution < 1.29 is 5.11 Å². The van der Waals surface area contributed by atoms with E-state index in [-0.39, 0.29) is 0 Å². The highest BCUT2D eigenvalue weighted by Crippen LogP contribution is 2.31. The number of anilines is 3. The van der Waals surface area contributed by atoms with E-state index in [0.29, 0.717) is 23.2 Å². The summed E-state index contributed by atoms with van der Waals surface area (Å²) in [6.07, 6.45) is 9.08. The molecule has 5 heteroatoms. The Balaban J connectivity index is 1.57. The lowest BCUT2D eigenvalue weighted by atomic mass is 9.89. The van der Waals surface area contributed by atoms with Crippen LogP contribution in [-0.4, -0.2) is 21.6 Å². The van der Waals surface area contributed by atoms with Crippen LogP contribution in [0.15, 0.2) is 60.8 Å². The van der Waals surface area contributed by atoms with Crippen LogP contribution >= 0.6 is 0 Å². The van der Waals surface area contributed by atoms with Gasteiger partial charge in [-0.2, -0.15) is 4.98 Å². The molecule has 1 aliphatic rings. The fourth-order valence-electron chi connectivity index (χ4n) is 4.38. The van der Waals surface area contributed by atoms with E-state index in [4.69, 9.17) is 4.98 Å². The van der Waals surface area contributed by atoms with Gasteiger partial charge in [0.15, 0.2) is 0 Å². The van der Waals surface area contributed by atoms with Crippen LogP contribution in [0.25, 0.3) is 0 Å². The van der Waals surface area contributed by atoms with Crippen molar-refractivity contribution in [2.75, 3.05) is 17.2 Å². The van der Waals surface area contributed by atoms with Gasteiger partial charge in [0.2, 0.25) is 5.95 Å². The Morgan fingerprint density at radius 3 is 2.44 bits per heavy atom. The third-order valence-electron chi connectivity index (χ3n) is 6.23. The van der Waals surface area contributed by atoms with Crippen LogP contribution in [-0.2, 0) is 12.0 Å². The van der Waals surface area contributed by atoms with Crippen molar-refractivity contribution in [3.8, 4) is 0 Å². The van der Waals surface area contributed by atoms with Crippen LogP contribution in [0.5, 0.6) is 0 Å². The van der Waals surface area contributed by atoms with Crippen molar-refractivity contribution in [1.82, 2.24) is 9.97 Å². The maximum atomic E-state index is 10.7. The molecule has 3 N–H and O–H groups in total. The molecule has 0 atom stereocenters. The second-order valence-corrected chi connectivity index (χ2v) is 9.34. The molecule has 1 aliphatic carbocycles. The first-order chi connectivity index (χ1) is 15.5. The molecule has 0 aliphatic heterocycles. The van der Waals surface area contributed by atoms with E-state index >= 15 is 0 Å². The van der Waals surface area contributed by atoms with E-state index < -0.39 is 5.60 Å². The molecule has 0 saturated heterocycles. The highest BCUT2D eigenvalue weighted by molar-refractivity contribution is 5.65. The SMILES string of the molecule is CC(C)(O)c1cnc(NCC2CCCCC2)nc1Nc1ccccc1Cc1ccccc1. The van der Waals surface area contributed by atoms with Gasteiger partial charge in [-0.3, -0.25) is 0 Å². The zero-order valence-electron chi connectivity index (χ0n) is 19.1. The Morgan fingerprint density at radius 2 is 1.69 bits per heavy atom. The van der Waals surface area contributed by atoms with Gasteiger partial charge in [-0.15, -0.1) is 0 Å². The second-order valence-electron chi connectivity index (χ2n) is 9.34. The summed E-state index contributed by atoms with van der Waals surface area (Å²) in [5, 5.41) is 17.7. The first-order valence-electron chi connectivity index (χ1n) is 11.7. The lowest BCUT2D eigenvalue weighted by Crippen LogP contribution is -2.21. The molecule has 4 rings (SSSR count). The molecule has 0 radical (unpaired) electrons. The highest BCUT2D eigenvalue weighted by atomic mass is 16.3. The van der Waals surface area contributed by atoms with E-state index in [9.17, 15) is 5.11 Å². The van der Waals surface area contributed by atoms with Gasteiger partial charge < -0.3 is 15.7 Å². The highest BCUT2D eigenvalue weighted by Gasteiger charge is 2.23. The first kappa shape index (κ1) is 22.3. The summed E-state index contributed by atoms with van der Waals surface area (Å²) >= 11 is 0. The summed E-state index contributed by atoms with van der Waals surface area (Å²) in [7, 11) is 0. The van der Waals surface area contributed by atoms with Crippen LogP contribution in [0.4, 0.5) is 17.5 Å². The van der Waals surface area contributed by atoms with Crippen LogP contribution in [0.2, 0.25) is 0 Å². The van der Waals surface area contributed by atoms with E-state index in [1.54, 1.807) is 20.0 Å². The molecule has 1 heterocycles. The van der Waals surface area contributed by atoms with Crippen LogP contribution in [0.1, 0.15) is 62.6 Å². The summed E-state index contributed by atoms with van der Waals surface area (Å²) in [6.45, 7) is 4.43. The van der Waals surface area contributed by atoms with Gasteiger partial charge in [-0.25, -0.2) is 4.98 Å². The van der Waals surface area contributed by atoms with E-state index in [1.165, 1.54) is 43.2 Å². The van der Waals surface area contributed by atoms with Crippen molar-refractivity contribution in [3.05, 3.63) is 77.5 Å². The number of hydrogen-bond acceptors (Lipinski definition) is 5. The molecule has 0 bridgehead atoms. The minimum absolute atomic E-state index is 0.603. The second kappa shape index (κ2) is 10.1. The Morgan fingerprint density at radius 1 is 0.969 bits per heavy atom. The Hall–Kier alpha value is -2.92. The lowest BCUT2D eigenvalue weighted by molar-refractivity contribution is 0.0787. The van der Waals surface area contributed by atoms with Crippen molar-refractivity contribution >= 4 is 17.5 Å². The topological polar surface area (TPSA) is 70.1 Å². The van der Waals surface area contributed by atoms with E-state index in [2.05, 4.69) is 58.1 Å². The molecule has 1 aromatic heterocycles. The number of rotatable bonds is 8. The van der Waals surface area contributed by atoms with E-state index in [1.807, 2.05) is 12.1 Å². The summed E-state index contributed by atoms with van der Waals surface area (Å²) < 4.78 is 0. The number of aromatic nitrogens is 2. The molecule has 0 spiro atoms. The van der Waals surface area contributed by atoms with Gasteiger partial charge in [-0.1, -0.05) is 67.8 Å². The van der Waals surface area contributed by atoms with E-state index in [0.717, 1.165) is 18.7 Å². The molecule has 5 nitrogen and oxygen atoms in total. The average Bonchev–Trinajstić information content (AvgIpc) is 2.80. The van der Waals surface area contributed by atoms with Gasteiger partial charge in [-0.05, 0) is 56.2 Å². The minimum atomic E-state index is -1.06. The van der Waals surface area contributed by atoms with Crippen LogP contribution in [0.3, 0.4) is 0 Å². The fraction of sp³-hybridized carbons (Fsp3) is 0.407. The third kappa shape index (κ3) is 5.86. The molecule has 0 amide bonds. The van der Waals surface area contributed by atoms with Crippen molar-refractivity contribution in [2.24, 2.45) is 5.92 Å². The Labute approximate surface area is 191 Å². The van der Waals surface area contributed by atoms with Crippen molar-refractivity contribution in [1.29, 1.82) is 0 Å². The minimum Gasteiger partial charge on any atom is -0.386 e. The normalized spacial score (nSPS) is 14.8. The van der Waals surface area contributed by atoms with Gasteiger partial charge in [0.25, 0.3) is 0 Å². The maximum absolute atomic E-state index is 10.7. The van der Waals surface area contributed by atoms with Crippen LogP contribution in [0, 0.1) is 5.92 Å². The standard InChI is InChI=1S/C27H34N4O/c1-27(2,32)23-19-29-26(28-18-21-13-7-4-8-14-21)31-25(23)30-24-16-10-9-15-22(24)17-20-11-5-3-6-12-20/h3,5-6,9-12,15-16,19,21,32H,4,7-8,13-14,17-18H2,1-2H3,(H2,28,29,30,31). The maximum Gasteiger partial charge on any atom is 0.224 e. The molecule has 0 unspecified atom stereocenters. The molecule has 1 saturated carbocycles. The summed E-state index contributed by atoms with van der Waals surface area (Å²) in [5.41, 5.74) is 3.03. The van der Waals surface area contributed by atoms with Gasteiger partial charge >= 0.3 is 0 Å². The number of para-hydroxylation sites is 1. The summed E-state index contributed by atoms with van der Waals surface area (Å²) in [4.78, 5) is 9.27. The monoisotopic (exact) mass is 430 g/mol. The predicted molar refractivity (Wildman–Crippen MR) is 131 cm³/mol.